The van der Waals surface area contributed by atoms with Gasteiger partial charge in [-0.15, -0.1) is 0 Å². The van der Waals surface area contributed by atoms with E-state index >= 15 is 0 Å². The van der Waals surface area contributed by atoms with Gasteiger partial charge in [-0.2, -0.15) is 0 Å². The van der Waals surface area contributed by atoms with Crippen molar-refractivity contribution in [2.75, 3.05) is 12.4 Å². The Morgan fingerprint density at radius 2 is 1.92 bits per heavy atom. The van der Waals surface area contributed by atoms with E-state index < -0.39 is 5.97 Å². The standard InChI is InChI=1S/C20H21N3O3/c1-12(2)14-6-5-7-15(8-14)23-20-16-9-19(26-13(3)24)18(25-4)10-17(16)21-11-22-20/h5-12H,1-4H3,(H,21,22,23). The highest BCUT2D eigenvalue weighted by molar-refractivity contribution is 5.93. The molecule has 6 heteroatoms. The molecule has 2 aromatic carbocycles. The number of carbonyl (C=O) groups excluding carboxylic acids is 1. The van der Waals surface area contributed by atoms with Crippen LogP contribution in [0, 0.1) is 0 Å². The molecule has 0 bridgehead atoms. The fourth-order valence-corrected chi connectivity index (χ4v) is 2.67. The van der Waals surface area contributed by atoms with E-state index in [9.17, 15) is 4.79 Å². The van der Waals surface area contributed by atoms with Crippen molar-refractivity contribution in [2.24, 2.45) is 0 Å². The first-order valence-electron chi connectivity index (χ1n) is 8.36. The predicted octanol–water partition coefficient (Wildman–Crippen LogP) is 4.43. The number of aromatic nitrogens is 2. The van der Waals surface area contributed by atoms with E-state index in [4.69, 9.17) is 9.47 Å². The van der Waals surface area contributed by atoms with Crippen LogP contribution in [-0.4, -0.2) is 23.0 Å². The quantitative estimate of drug-likeness (QED) is 0.541. The lowest BCUT2D eigenvalue weighted by atomic mass is 10.0. The van der Waals surface area contributed by atoms with Crippen LogP contribution in [0.1, 0.15) is 32.3 Å². The monoisotopic (exact) mass is 351 g/mol. The lowest BCUT2D eigenvalue weighted by Gasteiger charge is -2.13. The van der Waals surface area contributed by atoms with Gasteiger partial charge in [0.1, 0.15) is 12.1 Å². The lowest BCUT2D eigenvalue weighted by Crippen LogP contribution is -2.04. The fraction of sp³-hybridized carbons (Fsp3) is 0.250. The third kappa shape index (κ3) is 3.74. The summed E-state index contributed by atoms with van der Waals surface area (Å²) in [7, 11) is 1.52. The molecule has 3 rings (SSSR count). The van der Waals surface area contributed by atoms with E-state index in [2.05, 4.69) is 41.3 Å². The molecule has 134 valence electrons. The zero-order chi connectivity index (χ0) is 18.7. The van der Waals surface area contributed by atoms with Gasteiger partial charge < -0.3 is 14.8 Å². The van der Waals surface area contributed by atoms with Crippen molar-refractivity contribution in [3.05, 3.63) is 48.3 Å². The fourth-order valence-electron chi connectivity index (χ4n) is 2.67. The maximum absolute atomic E-state index is 11.4. The Balaban J connectivity index is 2.05. The molecule has 0 radical (unpaired) electrons. The topological polar surface area (TPSA) is 73.3 Å². The van der Waals surface area contributed by atoms with Gasteiger partial charge in [0, 0.05) is 24.1 Å². The molecule has 0 amide bonds. The summed E-state index contributed by atoms with van der Waals surface area (Å²) >= 11 is 0. The molecule has 0 atom stereocenters. The Morgan fingerprint density at radius 1 is 1.12 bits per heavy atom. The van der Waals surface area contributed by atoms with Crippen LogP contribution in [0.3, 0.4) is 0 Å². The zero-order valence-electron chi connectivity index (χ0n) is 15.2. The van der Waals surface area contributed by atoms with Crippen LogP contribution in [0.4, 0.5) is 11.5 Å². The Hall–Kier alpha value is -3.15. The van der Waals surface area contributed by atoms with Crippen LogP contribution in [0.15, 0.2) is 42.7 Å². The lowest BCUT2D eigenvalue weighted by molar-refractivity contribution is -0.132. The number of nitrogens with zero attached hydrogens (tertiary/aromatic N) is 2. The molecule has 6 nitrogen and oxygen atoms in total. The normalized spacial score (nSPS) is 10.8. The van der Waals surface area contributed by atoms with Crippen LogP contribution in [0.2, 0.25) is 0 Å². The molecule has 1 aromatic heterocycles. The number of ether oxygens (including phenoxy) is 2. The summed E-state index contributed by atoms with van der Waals surface area (Å²) in [5.74, 6) is 1.42. The molecule has 0 unspecified atom stereocenters. The van der Waals surface area contributed by atoms with Crippen LogP contribution in [0.25, 0.3) is 10.9 Å². The summed E-state index contributed by atoms with van der Waals surface area (Å²) in [5.41, 5.74) is 2.85. The summed E-state index contributed by atoms with van der Waals surface area (Å²) in [5, 5.41) is 4.06. The van der Waals surface area contributed by atoms with Gasteiger partial charge in [0.25, 0.3) is 0 Å². The second-order valence-electron chi connectivity index (χ2n) is 6.24. The molecule has 0 spiro atoms. The second kappa shape index (κ2) is 7.39. The highest BCUT2D eigenvalue weighted by atomic mass is 16.6. The molecular formula is C20H21N3O3. The molecule has 0 aliphatic heterocycles. The SMILES string of the molecule is COc1cc2ncnc(Nc3cccc(C(C)C)c3)c2cc1OC(C)=O. The number of benzene rings is 2. The summed E-state index contributed by atoms with van der Waals surface area (Å²) in [6.45, 7) is 5.65. The Labute approximate surface area is 152 Å². The minimum absolute atomic E-state index is 0.335. The van der Waals surface area contributed by atoms with E-state index in [1.54, 1.807) is 12.1 Å². The van der Waals surface area contributed by atoms with Crippen molar-refractivity contribution >= 4 is 28.4 Å². The van der Waals surface area contributed by atoms with Gasteiger partial charge in [0.2, 0.25) is 0 Å². The van der Waals surface area contributed by atoms with Gasteiger partial charge in [0.05, 0.1) is 12.6 Å². The van der Waals surface area contributed by atoms with Crippen LogP contribution in [-0.2, 0) is 4.79 Å². The third-order valence-corrected chi connectivity index (χ3v) is 3.99. The molecule has 0 aliphatic rings. The summed E-state index contributed by atoms with van der Waals surface area (Å²) < 4.78 is 10.5. The molecule has 0 fully saturated rings. The minimum Gasteiger partial charge on any atom is -0.493 e. The third-order valence-electron chi connectivity index (χ3n) is 3.99. The first-order valence-corrected chi connectivity index (χ1v) is 8.36. The number of rotatable bonds is 5. The van der Waals surface area contributed by atoms with Gasteiger partial charge in [0.15, 0.2) is 11.5 Å². The van der Waals surface area contributed by atoms with Crippen molar-refractivity contribution in [2.45, 2.75) is 26.7 Å². The van der Waals surface area contributed by atoms with E-state index in [1.165, 1.54) is 25.9 Å². The maximum Gasteiger partial charge on any atom is 0.308 e. The largest absolute Gasteiger partial charge is 0.493 e. The van der Waals surface area contributed by atoms with E-state index in [0.717, 1.165) is 11.1 Å². The van der Waals surface area contributed by atoms with Crippen LogP contribution in [0.5, 0.6) is 11.5 Å². The first kappa shape index (κ1) is 17.7. The van der Waals surface area contributed by atoms with E-state index in [-0.39, 0.29) is 0 Å². The van der Waals surface area contributed by atoms with Gasteiger partial charge in [-0.3, -0.25) is 4.79 Å². The Morgan fingerprint density at radius 3 is 2.62 bits per heavy atom. The molecule has 1 N–H and O–H groups in total. The van der Waals surface area contributed by atoms with Crippen molar-refractivity contribution in [3.8, 4) is 11.5 Å². The van der Waals surface area contributed by atoms with Crippen LogP contribution < -0.4 is 14.8 Å². The van der Waals surface area contributed by atoms with Crippen molar-refractivity contribution in [1.29, 1.82) is 0 Å². The molecule has 1 heterocycles. The predicted molar refractivity (Wildman–Crippen MR) is 101 cm³/mol. The van der Waals surface area contributed by atoms with Gasteiger partial charge >= 0.3 is 5.97 Å². The van der Waals surface area contributed by atoms with Crippen molar-refractivity contribution in [3.63, 3.8) is 0 Å². The van der Waals surface area contributed by atoms with Crippen LogP contribution >= 0.6 is 0 Å². The zero-order valence-corrected chi connectivity index (χ0v) is 15.2. The molecule has 3 aromatic rings. The molecule has 0 aliphatic carbocycles. The number of nitrogens with one attached hydrogen (secondary N) is 1. The molecular weight excluding hydrogens is 330 g/mol. The Kier molecular flexibility index (Phi) is 5.02. The number of anilines is 2. The summed E-state index contributed by atoms with van der Waals surface area (Å²) in [6.07, 6.45) is 1.49. The highest BCUT2D eigenvalue weighted by Gasteiger charge is 2.13. The van der Waals surface area contributed by atoms with Gasteiger partial charge in [-0.25, -0.2) is 9.97 Å². The number of carbonyl (C=O) groups is 1. The molecule has 0 saturated carbocycles. The molecule has 26 heavy (non-hydrogen) atoms. The summed E-state index contributed by atoms with van der Waals surface area (Å²) in [4.78, 5) is 20.0. The average Bonchev–Trinajstić information content (AvgIpc) is 2.61. The van der Waals surface area contributed by atoms with E-state index in [0.29, 0.717) is 28.8 Å². The summed E-state index contributed by atoms with van der Waals surface area (Å²) in [6, 6.07) is 11.6. The number of hydrogen-bond acceptors (Lipinski definition) is 6. The maximum atomic E-state index is 11.4. The van der Waals surface area contributed by atoms with Gasteiger partial charge in [-0.1, -0.05) is 26.0 Å². The van der Waals surface area contributed by atoms with Crippen molar-refractivity contribution in [1.82, 2.24) is 9.97 Å². The van der Waals surface area contributed by atoms with Crippen molar-refractivity contribution < 1.29 is 14.3 Å². The number of esters is 1. The minimum atomic E-state index is -0.418. The number of fused-ring (bicyclic) bond motifs is 1. The smallest absolute Gasteiger partial charge is 0.308 e. The number of hydrogen-bond donors (Lipinski definition) is 1. The molecule has 0 saturated heterocycles. The second-order valence-corrected chi connectivity index (χ2v) is 6.24. The van der Waals surface area contributed by atoms with Gasteiger partial charge in [-0.05, 0) is 29.7 Å². The first-order chi connectivity index (χ1) is 12.5. The average molecular weight is 351 g/mol. The Bertz CT molecular complexity index is 954. The van der Waals surface area contributed by atoms with E-state index in [1.807, 2.05) is 12.1 Å². The highest BCUT2D eigenvalue weighted by Crippen LogP contribution is 2.35. The number of methoxy groups -OCH3 is 1.